The molecule has 1 aromatic carbocycles. The average Bonchev–Trinajstić information content (AvgIpc) is 2.15. The molecule has 5 nitrogen and oxygen atoms in total. The zero-order chi connectivity index (χ0) is 11.9. The van der Waals surface area contributed by atoms with Gasteiger partial charge in [0, 0.05) is 12.1 Å². The number of sulfone groups is 1. The minimum absolute atomic E-state index is 0.0467. The van der Waals surface area contributed by atoms with E-state index in [4.69, 9.17) is 0 Å². The molecule has 0 fully saturated rings. The summed E-state index contributed by atoms with van der Waals surface area (Å²) in [5.41, 5.74) is -0.0467. The minimum Gasteiger partial charge on any atom is -0.494 e. The van der Waals surface area contributed by atoms with Crippen LogP contribution in [0.2, 0.25) is 0 Å². The van der Waals surface area contributed by atoms with Gasteiger partial charge < -0.3 is 10.1 Å². The summed E-state index contributed by atoms with van der Waals surface area (Å²) < 4.78 is 41.2. The molecule has 1 aliphatic heterocycles. The molecule has 16 heavy (non-hydrogen) atoms. The molecule has 0 saturated heterocycles. The van der Waals surface area contributed by atoms with Gasteiger partial charge in [-0.25, -0.2) is 12.8 Å². The van der Waals surface area contributed by atoms with Crippen LogP contribution in [-0.2, 0) is 14.6 Å². The number of carbonyl (C=O) groups excluding carboxylic acids is 1. The molecule has 1 aliphatic rings. The number of amides is 1. The molecule has 0 saturated carbocycles. The summed E-state index contributed by atoms with van der Waals surface area (Å²) in [6.07, 6.45) is 0. The van der Waals surface area contributed by atoms with Crippen LogP contribution in [-0.4, -0.2) is 27.2 Å². The third kappa shape index (κ3) is 1.63. The van der Waals surface area contributed by atoms with Crippen LogP contribution >= 0.6 is 0 Å². The fourth-order valence-electron chi connectivity index (χ4n) is 1.48. The molecule has 0 unspecified atom stereocenters. The fraction of sp³-hybridized carbons (Fsp3) is 0.222. The van der Waals surface area contributed by atoms with Gasteiger partial charge in [-0.3, -0.25) is 4.79 Å². The molecule has 0 atom stereocenters. The van der Waals surface area contributed by atoms with Crippen molar-refractivity contribution in [1.82, 2.24) is 0 Å². The van der Waals surface area contributed by atoms with Gasteiger partial charge in [-0.1, -0.05) is 0 Å². The Morgan fingerprint density at radius 3 is 2.75 bits per heavy atom. The van der Waals surface area contributed by atoms with E-state index >= 15 is 0 Å². The Hall–Kier alpha value is -1.63. The second-order valence-electron chi connectivity index (χ2n) is 3.29. The van der Waals surface area contributed by atoms with E-state index in [9.17, 15) is 17.6 Å². The number of fused-ring (bicyclic) bond motifs is 1. The number of hydrogen-bond donors (Lipinski definition) is 1. The van der Waals surface area contributed by atoms with Crippen molar-refractivity contribution in [2.45, 2.75) is 4.90 Å². The van der Waals surface area contributed by atoms with Gasteiger partial charge >= 0.3 is 0 Å². The van der Waals surface area contributed by atoms with Crippen LogP contribution in [0, 0.1) is 5.82 Å². The number of nitrogens with one attached hydrogen (secondary N) is 1. The van der Waals surface area contributed by atoms with E-state index in [1.807, 2.05) is 0 Å². The molecule has 1 amide bonds. The number of rotatable bonds is 1. The lowest BCUT2D eigenvalue weighted by molar-refractivity contribution is -0.114. The van der Waals surface area contributed by atoms with Crippen LogP contribution < -0.4 is 10.1 Å². The van der Waals surface area contributed by atoms with Crippen molar-refractivity contribution in [2.75, 3.05) is 18.2 Å². The van der Waals surface area contributed by atoms with E-state index in [0.717, 1.165) is 12.1 Å². The molecule has 1 aromatic rings. The number of ether oxygens (including phenoxy) is 1. The topological polar surface area (TPSA) is 72.5 Å². The molecule has 0 bridgehead atoms. The molecule has 0 aromatic heterocycles. The van der Waals surface area contributed by atoms with Gasteiger partial charge in [-0.2, -0.15) is 0 Å². The summed E-state index contributed by atoms with van der Waals surface area (Å²) in [6.45, 7) is 0. The molecule has 0 radical (unpaired) electrons. The lowest BCUT2D eigenvalue weighted by Gasteiger charge is -2.17. The number of hydrogen-bond acceptors (Lipinski definition) is 4. The van der Waals surface area contributed by atoms with Gasteiger partial charge in [0.2, 0.25) is 5.91 Å². The molecular weight excluding hydrogens is 237 g/mol. The predicted octanol–water partition coefficient (Wildman–Crippen LogP) is 0.560. The van der Waals surface area contributed by atoms with Crippen molar-refractivity contribution < 1.29 is 22.3 Å². The van der Waals surface area contributed by atoms with Crippen LogP contribution in [0.15, 0.2) is 17.0 Å². The largest absolute Gasteiger partial charge is 0.494 e. The van der Waals surface area contributed by atoms with Crippen molar-refractivity contribution in [3.05, 3.63) is 17.9 Å². The highest BCUT2D eigenvalue weighted by atomic mass is 32.2. The SMILES string of the molecule is COc1cc2c(cc1F)NC(=O)CS2(=O)=O. The Morgan fingerprint density at radius 1 is 1.44 bits per heavy atom. The van der Waals surface area contributed by atoms with Crippen LogP contribution in [0.3, 0.4) is 0 Å². The van der Waals surface area contributed by atoms with Gasteiger partial charge in [-0.05, 0) is 0 Å². The smallest absolute Gasteiger partial charge is 0.239 e. The Morgan fingerprint density at radius 2 is 2.12 bits per heavy atom. The highest BCUT2D eigenvalue weighted by Crippen LogP contribution is 2.32. The quantitative estimate of drug-likeness (QED) is 0.734. The number of anilines is 1. The molecule has 0 aliphatic carbocycles. The molecular formula is C9H8FNO4S. The summed E-state index contributed by atoms with van der Waals surface area (Å²) in [7, 11) is -2.46. The van der Waals surface area contributed by atoms with Crippen LogP contribution in [0.25, 0.3) is 0 Å². The summed E-state index contributed by atoms with van der Waals surface area (Å²) in [4.78, 5) is 10.9. The molecule has 0 spiro atoms. The van der Waals surface area contributed by atoms with Gasteiger partial charge in [0.1, 0.15) is 5.75 Å². The van der Waals surface area contributed by atoms with E-state index < -0.39 is 27.3 Å². The average molecular weight is 245 g/mol. The molecule has 1 heterocycles. The van der Waals surface area contributed by atoms with Crippen molar-refractivity contribution in [2.24, 2.45) is 0 Å². The standard InChI is InChI=1S/C9H8FNO4S/c1-15-7-3-8-6(2-5(7)10)11-9(12)4-16(8,13)14/h2-3H,4H2,1H3,(H,11,12). The van der Waals surface area contributed by atoms with Crippen molar-refractivity contribution in [1.29, 1.82) is 0 Å². The van der Waals surface area contributed by atoms with Crippen molar-refractivity contribution in [3.8, 4) is 5.75 Å². The minimum atomic E-state index is -3.70. The second kappa shape index (κ2) is 3.44. The lowest BCUT2D eigenvalue weighted by atomic mass is 10.3. The van der Waals surface area contributed by atoms with E-state index in [1.165, 1.54) is 7.11 Å². The predicted molar refractivity (Wildman–Crippen MR) is 53.6 cm³/mol. The Bertz CT molecular complexity index is 567. The summed E-state index contributed by atoms with van der Waals surface area (Å²) in [5, 5.41) is 2.29. The first-order valence-electron chi connectivity index (χ1n) is 4.34. The van der Waals surface area contributed by atoms with E-state index in [-0.39, 0.29) is 16.3 Å². The van der Waals surface area contributed by atoms with E-state index in [1.54, 1.807) is 0 Å². The van der Waals surface area contributed by atoms with Crippen LogP contribution in [0.1, 0.15) is 0 Å². The van der Waals surface area contributed by atoms with Gasteiger partial charge in [0.15, 0.2) is 21.4 Å². The first-order chi connectivity index (χ1) is 7.44. The van der Waals surface area contributed by atoms with Gasteiger partial charge in [-0.15, -0.1) is 0 Å². The van der Waals surface area contributed by atoms with Crippen LogP contribution in [0.4, 0.5) is 10.1 Å². The molecule has 7 heteroatoms. The first kappa shape index (κ1) is 10.9. The number of carbonyl (C=O) groups is 1. The number of methoxy groups -OCH3 is 1. The van der Waals surface area contributed by atoms with Crippen LogP contribution in [0.5, 0.6) is 5.75 Å². The maximum atomic E-state index is 13.3. The van der Waals surface area contributed by atoms with Crippen molar-refractivity contribution >= 4 is 21.4 Å². The van der Waals surface area contributed by atoms with E-state index in [2.05, 4.69) is 10.1 Å². The zero-order valence-corrected chi connectivity index (χ0v) is 9.10. The normalized spacial score (nSPS) is 17.5. The maximum absolute atomic E-state index is 13.3. The zero-order valence-electron chi connectivity index (χ0n) is 8.28. The summed E-state index contributed by atoms with van der Waals surface area (Å²) in [5.74, 6) is -2.19. The van der Waals surface area contributed by atoms with E-state index in [0.29, 0.717) is 0 Å². The monoisotopic (exact) mass is 245 g/mol. The van der Waals surface area contributed by atoms with Crippen molar-refractivity contribution in [3.63, 3.8) is 0 Å². The molecule has 86 valence electrons. The summed E-state index contributed by atoms with van der Waals surface area (Å²) >= 11 is 0. The van der Waals surface area contributed by atoms with Gasteiger partial charge in [0.05, 0.1) is 17.7 Å². The third-order valence-corrected chi connectivity index (χ3v) is 3.83. The number of halogens is 1. The first-order valence-corrected chi connectivity index (χ1v) is 5.99. The third-order valence-electron chi connectivity index (χ3n) is 2.18. The number of benzene rings is 1. The highest BCUT2D eigenvalue weighted by molar-refractivity contribution is 7.92. The maximum Gasteiger partial charge on any atom is 0.239 e. The lowest BCUT2D eigenvalue weighted by Crippen LogP contribution is -2.29. The second-order valence-corrected chi connectivity index (χ2v) is 5.25. The Balaban J connectivity index is 2.70. The fourth-order valence-corrected chi connectivity index (χ4v) is 2.79. The molecule has 1 N–H and O–H groups in total. The molecule has 2 rings (SSSR count). The van der Waals surface area contributed by atoms with Gasteiger partial charge in [0.25, 0.3) is 0 Å². The summed E-state index contributed by atoms with van der Waals surface area (Å²) in [6, 6.07) is 2.00. The Labute approximate surface area is 91.1 Å². The highest BCUT2D eigenvalue weighted by Gasteiger charge is 2.30. The Kier molecular flexibility index (Phi) is 2.34.